The molecule has 2 aromatic rings. The van der Waals surface area contributed by atoms with E-state index in [1.54, 1.807) is 0 Å². The van der Waals surface area contributed by atoms with Crippen molar-refractivity contribution in [3.8, 4) is 0 Å². The largest absolute Gasteiger partial charge is 0.353 e. The summed E-state index contributed by atoms with van der Waals surface area (Å²) < 4.78 is 0. The first-order valence-corrected chi connectivity index (χ1v) is 9.66. The van der Waals surface area contributed by atoms with Crippen LogP contribution in [0.3, 0.4) is 0 Å². The van der Waals surface area contributed by atoms with Gasteiger partial charge in [-0.3, -0.25) is 0 Å². The third kappa shape index (κ3) is 3.16. The van der Waals surface area contributed by atoms with E-state index in [2.05, 4.69) is 73.4 Å². The zero-order valence-electron chi connectivity index (χ0n) is 16.2. The van der Waals surface area contributed by atoms with Gasteiger partial charge in [0.25, 0.3) is 0 Å². The van der Waals surface area contributed by atoms with Gasteiger partial charge in [0.05, 0.1) is 11.7 Å². The Morgan fingerprint density at radius 2 is 1.96 bits per heavy atom. The highest BCUT2D eigenvalue weighted by molar-refractivity contribution is 5.55. The third-order valence-corrected chi connectivity index (χ3v) is 5.56. The standard InChI is InChI=1S/C21H29N5/c1-14(2)18-12-20(24-21(23-18)22-9-10-25(3)4)26-13-15-11-19(26)17-8-6-5-7-16(15)17/h5-8,12,14-15,19H,9-11,13H2,1-4H3,(H,22,23,24)/t15-,19+/m1/s1. The normalized spacial score (nSPS) is 20.9. The summed E-state index contributed by atoms with van der Waals surface area (Å²) in [4.78, 5) is 14.3. The van der Waals surface area contributed by atoms with Crippen LogP contribution in [-0.4, -0.2) is 48.6 Å². The maximum atomic E-state index is 4.87. The fourth-order valence-corrected chi connectivity index (χ4v) is 4.16. The molecule has 0 saturated carbocycles. The van der Waals surface area contributed by atoms with Crippen molar-refractivity contribution in [1.82, 2.24) is 14.9 Å². The van der Waals surface area contributed by atoms with E-state index in [1.807, 2.05) is 0 Å². The van der Waals surface area contributed by atoms with E-state index in [0.29, 0.717) is 17.9 Å². The lowest BCUT2D eigenvalue weighted by molar-refractivity contribution is 0.425. The molecule has 4 rings (SSSR count). The van der Waals surface area contributed by atoms with Crippen molar-refractivity contribution in [2.24, 2.45) is 0 Å². The van der Waals surface area contributed by atoms with Crippen LogP contribution < -0.4 is 10.2 Å². The molecule has 1 aliphatic heterocycles. The molecule has 1 aliphatic carbocycles. The molecule has 2 atom stereocenters. The molecule has 0 radical (unpaired) electrons. The lowest BCUT2D eigenvalue weighted by atomic mass is 9.99. The van der Waals surface area contributed by atoms with Crippen LogP contribution in [0.2, 0.25) is 0 Å². The molecule has 1 N–H and O–H groups in total. The van der Waals surface area contributed by atoms with E-state index in [-0.39, 0.29) is 0 Å². The first kappa shape index (κ1) is 17.3. The van der Waals surface area contributed by atoms with Gasteiger partial charge >= 0.3 is 0 Å². The summed E-state index contributed by atoms with van der Waals surface area (Å²) in [7, 11) is 4.16. The summed E-state index contributed by atoms with van der Waals surface area (Å²) in [5.74, 6) is 2.85. The number of hydrogen-bond donors (Lipinski definition) is 1. The van der Waals surface area contributed by atoms with E-state index in [0.717, 1.165) is 37.1 Å². The van der Waals surface area contributed by atoms with Gasteiger partial charge in [-0.2, -0.15) is 4.98 Å². The Morgan fingerprint density at radius 1 is 1.19 bits per heavy atom. The molecule has 1 fully saturated rings. The maximum absolute atomic E-state index is 4.87. The van der Waals surface area contributed by atoms with Gasteiger partial charge in [-0.1, -0.05) is 38.1 Å². The Morgan fingerprint density at radius 3 is 2.69 bits per heavy atom. The molecule has 5 nitrogen and oxygen atoms in total. The Hall–Kier alpha value is -2.14. The Balaban J connectivity index is 1.61. The van der Waals surface area contributed by atoms with Crippen molar-refractivity contribution < 1.29 is 0 Å². The van der Waals surface area contributed by atoms with Crippen LogP contribution >= 0.6 is 0 Å². The molecule has 0 spiro atoms. The van der Waals surface area contributed by atoms with E-state index < -0.39 is 0 Å². The second-order valence-electron chi connectivity index (χ2n) is 8.09. The lowest BCUT2D eigenvalue weighted by Gasteiger charge is -2.30. The molecule has 0 amide bonds. The molecule has 26 heavy (non-hydrogen) atoms. The zero-order chi connectivity index (χ0) is 18.3. The summed E-state index contributed by atoms with van der Waals surface area (Å²) in [5, 5.41) is 3.41. The average Bonchev–Trinajstić information content (AvgIpc) is 3.21. The van der Waals surface area contributed by atoms with E-state index >= 15 is 0 Å². The zero-order valence-corrected chi connectivity index (χ0v) is 16.2. The number of aromatic nitrogens is 2. The van der Waals surface area contributed by atoms with Crippen LogP contribution in [-0.2, 0) is 0 Å². The monoisotopic (exact) mass is 351 g/mol. The molecule has 0 unspecified atom stereocenters. The van der Waals surface area contributed by atoms with Crippen LogP contribution in [0.15, 0.2) is 30.3 Å². The van der Waals surface area contributed by atoms with Gasteiger partial charge < -0.3 is 15.1 Å². The minimum atomic E-state index is 0.387. The molecule has 2 aliphatic rings. The van der Waals surface area contributed by atoms with E-state index in [9.17, 15) is 0 Å². The molecule has 1 aromatic heterocycles. The highest BCUT2D eigenvalue weighted by Crippen LogP contribution is 2.51. The molecule has 2 bridgehead atoms. The average molecular weight is 351 g/mol. The van der Waals surface area contributed by atoms with Gasteiger partial charge in [-0.05, 0) is 37.6 Å². The minimum Gasteiger partial charge on any atom is -0.353 e. The topological polar surface area (TPSA) is 44.3 Å². The number of benzene rings is 1. The fourth-order valence-electron chi connectivity index (χ4n) is 4.16. The highest BCUT2D eigenvalue weighted by atomic mass is 15.3. The van der Waals surface area contributed by atoms with Crippen LogP contribution in [0.25, 0.3) is 0 Å². The summed E-state index contributed by atoms with van der Waals surface area (Å²) in [6.07, 6.45) is 1.21. The van der Waals surface area contributed by atoms with Crippen molar-refractivity contribution in [1.29, 1.82) is 0 Å². The Kier molecular flexibility index (Phi) is 4.57. The van der Waals surface area contributed by atoms with Crippen molar-refractivity contribution in [3.05, 3.63) is 47.2 Å². The number of likely N-dealkylation sites (N-methyl/N-ethyl adjacent to an activating group) is 1. The van der Waals surface area contributed by atoms with E-state index in [1.165, 1.54) is 17.5 Å². The summed E-state index contributed by atoms with van der Waals surface area (Å²) in [5.41, 5.74) is 4.13. The van der Waals surface area contributed by atoms with Crippen molar-refractivity contribution in [2.45, 2.75) is 38.1 Å². The second-order valence-corrected chi connectivity index (χ2v) is 8.09. The van der Waals surface area contributed by atoms with Gasteiger partial charge in [-0.25, -0.2) is 4.98 Å². The quantitative estimate of drug-likeness (QED) is 0.861. The van der Waals surface area contributed by atoms with Crippen molar-refractivity contribution in [2.75, 3.05) is 43.9 Å². The van der Waals surface area contributed by atoms with Gasteiger partial charge in [-0.15, -0.1) is 0 Å². The third-order valence-electron chi connectivity index (χ3n) is 5.56. The Labute approximate surface area is 156 Å². The molecular formula is C21H29N5. The minimum absolute atomic E-state index is 0.387. The lowest BCUT2D eigenvalue weighted by Crippen LogP contribution is -2.29. The number of nitrogens with zero attached hydrogens (tertiary/aromatic N) is 4. The predicted octanol–water partition coefficient (Wildman–Crippen LogP) is 3.62. The molecule has 138 valence electrons. The smallest absolute Gasteiger partial charge is 0.224 e. The highest BCUT2D eigenvalue weighted by Gasteiger charge is 2.42. The first-order chi connectivity index (χ1) is 12.5. The van der Waals surface area contributed by atoms with Crippen molar-refractivity contribution >= 4 is 11.8 Å². The van der Waals surface area contributed by atoms with Gasteiger partial charge in [0.15, 0.2) is 0 Å². The Bertz CT molecular complexity index is 786. The SMILES string of the molecule is CC(C)c1cc(N2C[C@H]3C[C@H]2c2ccccc23)nc(NCCN(C)C)n1. The summed E-state index contributed by atoms with van der Waals surface area (Å²) in [6, 6.07) is 11.5. The second kappa shape index (κ2) is 6.88. The molecular weight excluding hydrogens is 322 g/mol. The van der Waals surface area contributed by atoms with Crippen LogP contribution in [0, 0.1) is 0 Å². The molecule has 1 saturated heterocycles. The number of hydrogen-bond acceptors (Lipinski definition) is 5. The van der Waals surface area contributed by atoms with Gasteiger partial charge in [0, 0.05) is 31.6 Å². The number of rotatable bonds is 6. The summed E-state index contributed by atoms with van der Waals surface area (Å²) in [6.45, 7) is 7.27. The molecule has 5 heteroatoms. The summed E-state index contributed by atoms with van der Waals surface area (Å²) >= 11 is 0. The van der Waals surface area contributed by atoms with Crippen LogP contribution in [0.4, 0.5) is 11.8 Å². The van der Waals surface area contributed by atoms with Crippen LogP contribution in [0.5, 0.6) is 0 Å². The van der Waals surface area contributed by atoms with E-state index in [4.69, 9.17) is 9.97 Å². The fraction of sp³-hybridized carbons (Fsp3) is 0.524. The van der Waals surface area contributed by atoms with Gasteiger partial charge in [0.2, 0.25) is 5.95 Å². The van der Waals surface area contributed by atoms with Crippen LogP contribution in [0.1, 0.15) is 55.0 Å². The molecule has 1 aromatic carbocycles. The number of fused-ring (bicyclic) bond motifs is 5. The number of nitrogens with one attached hydrogen (secondary N) is 1. The number of anilines is 2. The van der Waals surface area contributed by atoms with Gasteiger partial charge in [0.1, 0.15) is 5.82 Å². The predicted molar refractivity (Wildman–Crippen MR) is 107 cm³/mol. The first-order valence-electron chi connectivity index (χ1n) is 9.66. The van der Waals surface area contributed by atoms with Crippen molar-refractivity contribution in [3.63, 3.8) is 0 Å². The molecule has 2 heterocycles. The maximum Gasteiger partial charge on any atom is 0.224 e.